The van der Waals surface area contributed by atoms with Crippen molar-refractivity contribution in [1.82, 2.24) is 14.6 Å². The Labute approximate surface area is 251 Å². The van der Waals surface area contributed by atoms with Crippen LogP contribution in [0.5, 0.6) is 5.75 Å². The summed E-state index contributed by atoms with van der Waals surface area (Å²) in [6, 6.07) is 15.1. The molecule has 1 saturated heterocycles. The molecule has 1 aromatic heterocycles. The summed E-state index contributed by atoms with van der Waals surface area (Å²) in [6.07, 6.45) is -4.38. The monoisotopic (exact) mass is 630 g/mol. The van der Waals surface area contributed by atoms with E-state index in [-0.39, 0.29) is 5.75 Å². The van der Waals surface area contributed by atoms with E-state index in [2.05, 4.69) is 11.2 Å². The molecule has 1 aliphatic heterocycles. The summed E-state index contributed by atoms with van der Waals surface area (Å²) < 4.78 is 52.4. The first-order valence-corrected chi connectivity index (χ1v) is 15.1. The number of benzene rings is 2. The van der Waals surface area contributed by atoms with Crippen LogP contribution in [0.1, 0.15) is 39.5 Å². The predicted octanol–water partition coefficient (Wildman–Crippen LogP) is 3.20. The van der Waals surface area contributed by atoms with Gasteiger partial charge >= 0.3 is 19.4 Å². The Hall–Kier alpha value is -4.12. The number of esters is 1. The maximum absolute atomic E-state index is 15.6. The second kappa shape index (κ2) is 13.3. The van der Waals surface area contributed by atoms with Gasteiger partial charge in [0, 0.05) is 12.3 Å². The molecule has 1 fully saturated rings. The number of aliphatic hydroxyl groups excluding tert-OH is 1. The SMILES string of the molecule is CC(C)OC(=O)C(C)NP(=O)(OCC1OC(n2ccc(=O)[nH]c2=O)C(C)(F)C1O)Oc1ccc(-c2ccc(C#N)cc2)cc1. The number of carbonyl (C=O) groups excluding carboxylic acids is 1. The van der Waals surface area contributed by atoms with Crippen LogP contribution in [0.4, 0.5) is 4.39 Å². The minimum atomic E-state index is -4.44. The highest BCUT2D eigenvalue weighted by Crippen LogP contribution is 2.47. The van der Waals surface area contributed by atoms with E-state index in [4.69, 9.17) is 23.8 Å². The fourth-order valence-corrected chi connectivity index (χ4v) is 5.93. The second-order valence-electron chi connectivity index (χ2n) is 10.6. The molecule has 0 amide bonds. The second-order valence-corrected chi connectivity index (χ2v) is 12.3. The molecule has 15 heteroatoms. The van der Waals surface area contributed by atoms with Gasteiger partial charge in [-0.25, -0.2) is 13.8 Å². The van der Waals surface area contributed by atoms with Crippen LogP contribution >= 0.6 is 7.75 Å². The molecule has 4 rings (SSSR count). The number of hydrogen-bond donors (Lipinski definition) is 3. The van der Waals surface area contributed by atoms with E-state index in [1.165, 1.54) is 19.1 Å². The number of H-pyrrole nitrogens is 1. The van der Waals surface area contributed by atoms with Crippen LogP contribution in [0.2, 0.25) is 0 Å². The Balaban J connectivity index is 1.55. The lowest BCUT2D eigenvalue weighted by molar-refractivity contribution is -0.149. The zero-order valence-electron chi connectivity index (χ0n) is 24.3. The average Bonchev–Trinajstić information content (AvgIpc) is 3.19. The molecule has 0 radical (unpaired) electrons. The highest BCUT2D eigenvalue weighted by molar-refractivity contribution is 7.52. The van der Waals surface area contributed by atoms with Gasteiger partial charge in [-0.3, -0.25) is 23.7 Å². The van der Waals surface area contributed by atoms with E-state index in [1.54, 1.807) is 50.2 Å². The van der Waals surface area contributed by atoms with Gasteiger partial charge in [0.1, 0.15) is 24.0 Å². The van der Waals surface area contributed by atoms with Crippen LogP contribution in [-0.4, -0.2) is 57.3 Å². The quantitative estimate of drug-likeness (QED) is 0.209. The number of nitriles is 1. The summed E-state index contributed by atoms with van der Waals surface area (Å²) in [6.45, 7) is 4.99. The molecule has 6 unspecified atom stereocenters. The summed E-state index contributed by atoms with van der Waals surface area (Å²) in [5, 5.41) is 22.2. The number of rotatable bonds is 11. The van der Waals surface area contributed by atoms with Crippen molar-refractivity contribution in [2.45, 2.75) is 63.9 Å². The number of ether oxygens (including phenoxy) is 2. The highest BCUT2D eigenvalue weighted by atomic mass is 31.2. The minimum Gasteiger partial charge on any atom is -0.462 e. The first-order chi connectivity index (χ1) is 20.7. The third-order valence-electron chi connectivity index (χ3n) is 6.71. The molecule has 0 spiro atoms. The van der Waals surface area contributed by atoms with Crippen LogP contribution in [0.3, 0.4) is 0 Å². The van der Waals surface area contributed by atoms with E-state index in [9.17, 15) is 24.1 Å². The molecule has 0 aliphatic carbocycles. The summed E-state index contributed by atoms with van der Waals surface area (Å²) in [5.41, 5.74) is -2.10. The van der Waals surface area contributed by atoms with E-state index >= 15 is 4.39 Å². The van der Waals surface area contributed by atoms with Crippen molar-refractivity contribution in [3.63, 3.8) is 0 Å². The van der Waals surface area contributed by atoms with Gasteiger partial charge in [-0.15, -0.1) is 0 Å². The molecule has 0 saturated carbocycles. The average molecular weight is 631 g/mol. The standard InChI is InChI=1S/C29H32FN4O9P/c1-17(2)41-26(37)18(3)33-44(39,43-22-11-9-21(10-12-22)20-7-5-19(15-31)6-8-20)40-16-23-25(36)29(4,30)27(42-23)34-14-13-24(35)32-28(34)38/h5-14,17-18,23,25,27,36H,16H2,1-4H3,(H,33,39)(H,32,35,38). The lowest BCUT2D eigenvalue weighted by Crippen LogP contribution is -2.43. The highest BCUT2D eigenvalue weighted by Gasteiger charge is 2.56. The lowest BCUT2D eigenvalue weighted by atomic mass is 9.98. The number of halogens is 1. The molecule has 6 atom stereocenters. The number of aromatic nitrogens is 2. The fourth-order valence-electron chi connectivity index (χ4n) is 4.43. The number of nitrogens with zero attached hydrogens (tertiary/aromatic N) is 2. The number of aliphatic hydroxyl groups is 1. The van der Waals surface area contributed by atoms with Crippen molar-refractivity contribution in [2.75, 3.05) is 6.61 Å². The molecule has 234 valence electrons. The number of carbonyl (C=O) groups is 1. The maximum atomic E-state index is 15.6. The zero-order valence-corrected chi connectivity index (χ0v) is 25.2. The van der Waals surface area contributed by atoms with E-state index in [1.807, 2.05) is 4.98 Å². The van der Waals surface area contributed by atoms with E-state index < -0.39 is 67.8 Å². The summed E-state index contributed by atoms with van der Waals surface area (Å²) in [7, 11) is -4.44. The third-order valence-corrected chi connectivity index (χ3v) is 8.36. The molecular weight excluding hydrogens is 598 g/mol. The molecule has 3 N–H and O–H groups in total. The first kappa shape index (κ1) is 32.8. The summed E-state index contributed by atoms with van der Waals surface area (Å²) >= 11 is 0. The zero-order chi connectivity index (χ0) is 32.2. The molecule has 1 aliphatic rings. The van der Waals surface area contributed by atoms with Crippen molar-refractivity contribution < 1.29 is 37.4 Å². The Kier molecular flexibility index (Phi) is 9.88. The first-order valence-electron chi connectivity index (χ1n) is 13.6. The van der Waals surface area contributed by atoms with Crippen LogP contribution in [0.15, 0.2) is 70.4 Å². The summed E-state index contributed by atoms with van der Waals surface area (Å²) in [4.78, 5) is 38.2. The molecule has 44 heavy (non-hydrogen) atoms. The van der Waals surface area contributed by atoms with Gasteiger partial charge in [0.25, 0.3) is 5.56 Å². The lowest BCUT2D eigenvalue weighted by Gasteiger charge is -2.25. The number of hydrogen-bond acceptors (Lipinski definition) is 10. The van der Waals surface area contributed by atoms with Crippen LogP contribution in [-0.2, 0) is 23.4 Å². The van der Waals surface area contributed by atoms with Crippen LogP contribution in [0.25, 0.3) is 11.1 Å². The molecule has 3 aromatic rings. The topological polar surface area (TPSA) is 182 Å². The molecule has 2 aromatic carbocycles. The van der Waals surface area contributed by atoms with Gasteiger partial charge in [0.15, 0.2) is 11.9 Å². The largest absolute Gasteiger partial charge is 0.462 e. The Bertz CT molecular complexity index is 1680. The molecule has 2 heterocycles. The predicted molar refractivity (Wildman–Crippen MR) is 155 cm³/mol. The van der Waals surface area contributed by atoms with Crippen molar-refractivity contribution >= 4 is 13.7 Å². The molecule has 13 nitrogen and oxygen atoms in total. The van der Waals surface area contributed by atoms with Crippen molar-refractivity contribution in [1.29, 1.82) is 5.26 Å². The van der Waals surface area contributed by atoms with Crippen molar-refractivity contribution in [3.8, 4) is 22.9 Å². The van der Waals surface area contributed by atoms with Crippen molar-refractivity contribution in [2.24, 2.45) is 0 Å². The van der Waals surface area contributed by atoms with Crippen molar-refractivity contribution in [3.05, 3.63) is 87.2 Å². The maximum Gasteiger partial charge on any atom is 0.459 e. The third kappa shape index (κ3) is 7.50. The number of aromatic amines is 1. The van der Waals surface area contributed by atoms with Crippen LogP contribution < -0.4 is 20.9 Å². The van der Waals surface area contributed by atoms with Gasteiger partial charge in [0.2, 0.25) is 0 Å². The number of alkyl halides is 1. The van der Waals surface area contributed by atoms with Gasteiger partial charge in [-0.1, -0.05) is 24.3 Å². The Morgan fingerprint density at radius 1 is 1.16 bits per heavy atom. The Morgan fingerprint density at radius 2 is 1.77 bits per heavy atom. The van der Waals surface area contributed by atoms with E-state index in [0.29, 0.717) is 5.56 Å². The van der Waals surface area contributed by atoms with Crippen LogP contribution in [0, 0.1) is 11.3 Å². The van der Waals surface area contributed by atoms with Gasteiger partial charge < -0.3 is 19.1 Å². The number of nitrogens with one attached hydrogen (secondary N) is 2. The van der Waals surface area contributed by atoms with Gasteiger partial charge in [-0.2, -0.15) is 10.3 Å². The normalized spacial score (nSPS) is 23.5. The van der Waals surface area contributed by atoms with Gasteiger partial charge in [0.05, 0.1) is 24.3 Å². The van der Waals surface area contributed by atoms with Gasteiger partial charge in [-0.05, 0) is 63.1 Å². The summed E-state index contributed by atoms with van der Waals surface area (Å²) in [5.74, 6) is -0.655. The molecule has 0 bridgehead atoms. The fraction of sp³-hybridized carbons (Fsp3) is 0.379. The van der Waals surface area contributed by atoms with E-state index in [0.717, 1.165) is 34.9 Å². The smallest absolute Gasteiger partial charge is 0.459 e. The minimum absolute atomic E-state index is 0.0866. The Morgan fingerprint density at radius 3 is 2.34 bits per heavy atom. The molecular formula is C29H32FN4O9P.